The van der Waals surface area contributed by atoms with Crippen molar-refractivity contribution >= 4 is 29.8 Å². The Kier molecular flexibility index (Phi) is 10.3. The van der Waals surface area contributed by atoms with Crippen molar-refractivity contribution in [2.45, 2.75) is 64.7 Å². The van der Waals surface area contributed by atoms with Crippen LogP contribution in [0, 0.1) is 17.8 Å². The highest BCUT2D eigenvalue weighted by Gasteiger charge is 2.42. The van der Waals surface area contributed by atoms with Gasteiger partial charge in [0.05, 0.1) is 18.9 Å². The Labute approximate surface area is 249 Å². The molecule has 0 radical (unpaired) electrons. The van der Waals surface area contributed by atoms with Gasteiger partial charge in [0.1, 0.15) is 18.6 Å². The summed E-state index contributed by atoms with van der Waals surface area (Å²) in [6, 6.07) is 9.07. The molecule has 12 heteroatoms. The molecule has 0 bridgehead atoms. The molecule has 1 aliphatic carbocycles. The van der Waals surface area contributed by atoms with Gasteiger partial charge in [-0.15, -0.1) is 0 Å². The minimum absolute atomic E-state index is 0.100. The normalized spacial score (nSPS) is 22.5. The van der Waals surface area contributed by atoms with E-state index in [1.54, 1.807) is 13.8 Å². The average molecular weight is 597 g/mol. The number of benzene rings is 1. The van der Waals surface area contributed by atoms with Crippen LogP contribution in [0.3, 0.4) is 0 Å². The van der Waals surface area contributed by atoms with Gasteiger partial charge in [0.25, 0.3) is 5.91 Å². The van der Waals surface area contributed by atoms with Crippen LogP contribution in [0.1, 0.15) is 56.1 Å². The van der Waals surface area contributed by atoms with Gasteiger partial charge in [-0.2, -0.15) is 0 Å². The molecule has 1 saturated carbocycles. The fraction of sp³-hybridized carbons (Fsp3) is 0.484. The Hall–Kier alpha value is -4.48. The Morgan fingerprint density at radius 1 is 1.07 bits per heavy atom. The molecule has 0 spiro atoms. The minimum Gasteiger partial charge on any atom is -0.493 e. The lowest BCUT2D eigenvalue weighted by Gasteiger charge is -2.29. The zero-order valence-corrected chi connectivity index (χ0v) is 24.6. The van der Waals surface area contributed by atoms with E-state index in [1.807, 2.05) is 30.3 Å². The number of esters is 4. The molecule has 4 unspecified atom stereocenters. The van der Waals surface area contributed by atoms with E-state index < -0.39 is 66.5 Å². The number of hydrogen-bond donors (Lipinski definition) is 1. The van der Waals surface area contributed by atoms with Crippen LogP contribution in [0.15, 0.2) is 42.6 Å². The molecule has 2 heterocycles. The van der Waals surface area contributed by atoms with Gasteiger partial charge < -0.3 is 29.0 Å². The molecule has 2 aromatic rings. The van der Waals surface area contributed by atoms with Crippen LogP contribution in [0.5, 0.6) is 11.5 Å². The van der Waals surface area contributed by atoms with E-state index in [1.165, 1.54) is 26.3 Å². The molecule has 2 fully saturated rings. The summed E-state index contributed by atoms with van der Waals surface area (Å²) in [6.45, 7) is 4.24. The summed E-state index contributed by atoms with van der Waals surface area (Å²) in [5.41, 5.74) is 0.482. The number of nitrogens with zero attached hydrogens (tertiary/aromatic N) is 1. The lowest BCUT2D eigenvalue weighted by atomic mass is 9.86. The smallest absolute Gasteiger partial charge is 0.332 e. The first-order valence-electron chi connectivity index (χ1n) is 14.3. The molecule has 1 aliphatic heterocycles. The summed E-state index contributed by atoms with van der Waals surface area (Å²) in [4.78, 5) is 69.3. The first kappa shape index (κ1) is 31.5. The topological polar surface area (TPSA) is 156 Å². The Morgan fingerprint density at radius 2 is 1.79 bits per heavy atom. The second-order valence-corrected chi connectivity index (χ2v) is 10.9. The van der Waals surface area contributed by atoms with E-state index in [4.69, 9.17) is 23.7 Å². The van der Waals surface area contributed by atoms with E-state index in [2.05, 4.69) is 10.3 Å². The minimum atomic E-state index is -1.45. The van der Waals surface area contributed by atoms with Crippen molar-refractivity contribution in [2.75, 3.05) is 13.7 Å². The van der Waals surface area contributed by atoms with Crippen molar-refractivity contribution in [3.8, 4) is 11.5 Å². The summed E-state index contributed by atoms with van der Waals surface area (Å²) >= 11 is 0. The van der Waals surface area contributed by atoms with Crippen LogP contribution in [0.2, 0.25) is 0 Å². The molecule has 1 saturated heterocycles. The number of pyridine rings is 1. The van der Waals surface area contributed by atoms with Gasteiger partial charge in [-0.05, 0) is 31.7 Å². The van der Waals surface area contributed by atoms with Crippen molar-refractivity contribution in [3.05, 3.63) is 53.9 Å². The summed E-state index contributed by atoms with van der Waals surface area (Å²) < 4.78 is 27.6. The number of ether oxygens (including phenoxy) is 5. The SMILES string of the molecule is COc1ccnc(C(=O)NC2COC(=O)C(Cc3ccccc3)C(OC(=O)C(C)C)C(C)OC2=O)c1OC(=O)C1CCC1. The van der Waals surface area contributed by atoms with Crippen molar-refractivity contribution in [2.24, 2.45) is 17.8 Å². The standard InChI is InChI=1S/C31H36N2O10/c1-17(2)28(35)42-25-18(3)41-31(38)22(16-40-30(37)21(25)15-19-9-6-5-7-10-19)33-27(34)24-26(23(39-4)13-14-32-24)43-29(36)20-11-8-12-20/h5-7,9-10,13-14,17-18,20-22,25H,8,11-12,15-16H2,1-4H3,(H,33,34). The van der Waals surface area contributed by atoms with Crippen LogP contribution in [-0.2, 0) is 39.8 Å². The van der Waals surface area contributed by atoms with Gasteiger partial charge in [0, 0.05) is 12.3 Å². The molecule has 1 amide bonds. The molecule has 230 valence electrons. The van der Waals surface area contributed by atoms with Gasteiger partial charge in [-0.1, -0.05) is 50.6 Å². The van der Waals surface area contributed by atoms with Crippen LogP contribution < -0.4 is 14.8 Å². The fourth-order valence-electron chi connectivity index (χ4n) is 4.66. The Balaban J connectivity index is 1.57. The molecular formula is C31H36N2O10. The van der Waals surface area contributed by atoms with E-state index in [0.717, 1.165) is 12.0 Å². The lowest BCUT2D eigenvalue weighted by molar-refractivity contribution is -0.176. The number of amides is 1. The molecule has 1 aromatic carbocycles. The van der Waals surface area contributed by atoms with Gasteiger partial charge in [-0.3, -0.25) is 19.2 Å². The number of nitrogens with one attached hydrogen (secondary N) is 1. The maximum atomic E-state index is 13.4. The predicted molar refractivity (Wildman–Crippen MR) is 150 cm³/mol. The summed E-state index contributed by atoms with van der Waals surface area (Å²) in [5, 5.41) is 2.47. The quantitative estimate of drug-likeness (QED) is 0.335. The molecule has 4 rings (SSSR count). The first-order chi connectivity index (χ1) is 20.6. The number of cyclic esters (lactones) is 2. The highest BCUT2D eigenvalue weighted by molar-refractivity contribution is 5.99. The van der Waals surface area contributed by atoms with E-state index in [0.29, 0.717) is 12.8 Å². The third-order valence-corrected chi connectivity index (χ3v) is 7.41. The maximum absolute atomic E-state index is 13.4. The van der Waals surface area contributed by atoms with Crippen LogP contribution in [0.25, 0.3) is 0 Å². The summed E-state index contributed by atoms with van der Waals surface area (Å²) in [5.74, 6) is -5.50. The monoisotopic (exact) mass is 596 g/mol. The zero-order valence-electron chi connectivity index (χ0n) is 24.6. The second kappa shape index (κ2) is 14.1. The molecular weight excluding hydrogens is 560 g/mol. The third kappa shape index (κ3) is 7.68. The van der Waals surface area contributed by atoms with E-state index >= 15 is 0 Å². The van der Waals surface area contributed by atoms with Crippen molar-refractivity contribution in [1.82, 2.24) is 10.3 Å². The lowest BCUT2D eigenvalue weighted by Crippen LogP contribution is -2.47. The van der Waals surface area contributed by atoms with Crippen LogP contribution in [-0.4, -0.2) is 66.7 Å². The average Bonchev–Trinajstić information content (AvgIpc) is 2.98. The first-order valence-corrected chi connectivity index (χ1v) is 14.3. The van der Waals surface area contributed by atoms with Crippen molar-refractivity contribution < 1.29 is 47.7 Å². The van der Waals surface area contributed by atoms with Gasteiger partial charge in [0.15, 0.2) is 23.6 Å². The summed E-state index contributed by atoms with van der Waals surface area (Å²) in [7, 11) is 1.35. The molecule has 1 N–H and O–H groups in total. The third-order valence-electron chi connectivity index (χ3n) is 7.41. The number of methoxy groups -OCH3 is 1. The number of rotatable bonds is 9. The van der Waals surface area contributed by atoms with Crippen LogP contribution >= 0.6 is 0 Å². The van der Waals surface area contributed by atoms with Crippen molar-refractivity contribution in [3.63, 3.8) is 0 Å². The second-order valence-electron chi connectivity index (χ2n) is 10.9. The molecule has 43 heavy (non-hydrogen) atoms. The molecule has 4 atom stereocenters. The highest BCUT2D eigenvalue weighted by Crippen LogP contribution is 2.34. The number of aromatic nitrogens is 1. The number of carbonyl (C=O) groups is 5. The molecule has 12 nitrogen and oxygen atoms in total. The predicted octanol–water partition coefficient (Wildman–Crippen LogP) is 2.81. The molecule has 1 aromatic heterocycles. The van der Waals surface area contributed by atoms with E-state index in [-0.39, 0.29) is 29.5 Å². The highest BCUT2D eigenvalue weighted by atomic mass is 16.6. The van der Waals surface area contributed by atoms with E-state index in [9.17, 15) is 24.0 Å². The van der Waals surface area contributed by atoms with Crippen LogP contribution in [0.4, 0.5) is 0 Å². The zero-order chi connectivity index (χ0) is 31.1. The van der Waals surface area contributed by atoms with Crippen molar-refractivity contribution in [1.29, 1.82) is 0 Å². The maximum Gasteiger partial charge on any atom is 0.332 e. The van der Waals surface area contributed by atoms with Gasteiger partial charge >= 0.3 is 23.9 Å². The number of hydrogen-bond acceptors (Lipinski definition) is 11. The fourth-order valence-corrected chi connectivity index (χ4v) is 4.66. The number of carbonyl (C=O) groups excluding carboxylic acids is 5. The largest absolute Gasteiger partial charge is 0.493 e. The van der Waals surface area contributed by atoms with Gasteiger partial charge in [0.2, 0.25) is 5.75 Å². The van der Waals surface area contributed by atoms with Gasteiger partial charge in [-0.25, -0.2) is 9.78 Å². The Morgan fingerprint density at radius 3 is 2.42 bits per heavy atom. The Bertz CT molecular complexity index is 1340. The molecule has 2 aliphatic rings. The summed E-state index contributed by atoms with van der Waals surface area (Å²) in [6.07, 6.45) is 1.49.